The van der Waals surface area contributed by atoms with Crippen molar-refractivity contribution >= 4 is 29.0 Å². The Labute approximate surface area is 125 Å². The molecule has 1 aliphatic rings. The van der Waals surface area contributed by atoms with Crippen molar-refractivity contribution in [2.45, 2.75) is 6.54 Å². The number of halogens is 1. The third kappa shape index (κ3) is 2.16. The van der Waals surface area contributed by atoms with Gasteiger partial charge in [0.15, 0.2) is 0 Å². The van der Waals surface area contributed by atoms with Gasteiger partial charge in [-0.1, -0.05) is 17.7 Å². The van der Waals surface area contributed by atoms with E-state index in [9.17, 15) is 9.59 Å². The molecule has 2 heterocycles. The zero-order chi connectivity index (χ0) is 15.0. The van der Waals surface area contributed by atoms with Crippen LogP contribution >= 0.6 is 11.6 Å². The largest absolute Gasteiger partial charge is 0.300 e. The number of hydrogen-bond acceptors (Lipinski definition) is 4. The van der Waals surface area contributed by atoms with Crippen molar-refractivity contribution in [3.05, 3.63) is 58.4 Å². The molecular weight excluding hydrogens is 290 g/mol. The molecule has 1 aromatic heterocycles. The zero-order valence-electron chi connectivity index (χ0n) is 10.7. The van der Waals surface area contributed by atoms with Gasteiger partial charge in [-0.15, -0.1) is 0 Å². The summed E-state index contributed by atoms with van der Waals surface area (Å²) in [4.78, 5) is 29.3. The van der Waals surface area contributed by atoms with Crippen LogP contribution in [0.3, 0.4) is 0 Å². The Kier molecular flexibility index (Phi) is 3.16. The van der Waals surface area contributed by atoms with E-state index in [-0.39, 0.29) is 22.8 Å². The number of ketones is 1. The lowest BCUT2D eigenvalue weighted by Gasteiger charge is -2.16. The second-order valence-electron chi connectivity index (χ2n) is 4.52. The number of hydrogen-bond donors (Lipinski definition) is 0. The minimum Gasteiger partial charge on any atom is -0.300 e. The number of anilines is 1. The zero-order valence-corrected chi connectivity index (χ0v) is 11.5. The smallest absolute Gasteiger partial charge is 0.299 e. The Morgan fingerprint density at radius 3 is 2.86 bits per heavy atom. The van der Waals surface area contributed by atoms with Gasteiger partial charge in [-0.3, -0.25) is 9.59 Å². The number of Topliss-reactive ketones (excluding diaryl/α,β-unsaturated/α-hetero) is 1. The number of amides is 1. The molecule has 1 aliphatic heterocycles. The van der Waals surface area contributed by atoms with E-state index in [1.54, 1.807) is 30.3 Å². The molecule has 2 aromatic rings. The highest BCUT2D eigenvalue weighted by atomic mass is 35.5. The summed E-state index contributed by atoms with van der Waals surface area (Å²) in [5.74, 6) is -1.22. The van der Waals surface area contributed by atoms with E-state index in [0.717, 1.165) is 5.56 Å². The minimum atomic E-state index is -0.617. The molecule has 102 valence electrons. The number of nitriles is 1. The topological polar surface area (TPSA) is 74.1 Å². The van der Waals surface area contributed by atoms with Crippen molar-refractivity contribution < 1.29 is 9.59 Å². The highest BCUT2D eigenvalue weighted by Crippen LogP contribution is 2.34. The van der Waals surface area contributed by atoms with E-state index in [1.807, 2.05) is 6.07 Å². The summed E-state index contributed by atoms with van der Waals surface area (Å²) in [6.45, 7) is 0.190. The summed E-state index contributed by atoms with van der Waals surface area (Å²) in [5.41, 5.74) is 1.71. The molecule has 0 N–H and O–H groups in total. The van der Waals surface area contributed by atoms with Gasteiger partial charge in [-0.05, 0) is 29.8 Å². The molecule has 3 rings (SSSR count). The van der Waals surface area contributed by atoms with Gasteiger partial charge in [0.2, 0.25) is 0 Å². The van der Waals surface area contributed by atoms with E-state index >= 15 is 0 Å². The van der Waals surface area contributed by atoms with Gasteiger partial charge in [0.05, 0.1) is 22.8 Å². The van der Waals surface area contributed by atoms with Gasteiger partial charge in [0.25, 0.3) is 11.7 Å². The predicted octanol–water partition coefficient (Wildman–Crippen LogP) is 2.34. The predicted molar refractivity (Wildman–Crippen MR) is 75.9 cm³/mol. The van der Waals surface area contributed by atoms with Crippen LogP contribution in [0.1, 0.15) is 21.6 Å². The molecule has 5 nitrogen and oxygen atoms in total. The molecular formula is C15H8ClN3O2. The number of carbonyl (C=O) groups is 2. The lowest BCUT2D eigenvalue weighted by atomic mass is 10.1. The maximum absolute atomic E-state index is 12.1. The van der Waals surface area contributed by atoms with Gasteiger partial charge in [0, 0.05) is 6.20 Å². The van der Waals surface area contributed by atoms with Crippen LogP contribution in [0.4, 0.5) is 5.69 Å². The van der Waals surface area contributed by atoms with E-state index in [2.05, 4.69) is 4.98 Å². The number of rotatable bonds is 2. The van der Waals surface area contributed by atoms with Crippen molar-refractivity contribution in [3.63, 3.8) is 0 Å². The van der Waals surface area contributed by atoms with Crippen LogP contribution in [0.5, 0.6) is 0 Å². The second-order valence-corrected chi connectivity index (χ2v) is 4.92. The number of benzene rings is 1. The summed E-state index contributed by atoms with van der Waals surface area (Å²) in [5, 5.41) is 9.11. The average molecular weight is 298 g/mol. The highest BCUT2D eigenvalue weighted by Gasteiger charge is 2.37. The lowest BCUT2D eigenvalue weighted by Crippen LogP contribution is -2.29. The third-order valence-corrected chi connectivity index (χ3v) is 3.54. The Hall–Kier alpha value is -2.71. The number of pyridine rings is 1. The summed E-state index contributed by atoms with van der Waals surface area (Å²) >= 11 is 5.99. The van der Waals surface area contributed by atoms with Crippen LogP contribution in [0.2, 0.25) is 5.02 Å². The first-order valence-electron chi connectivity index (χ1n) is 6.11. The van der Waals surface area contributed by atoms with Gasteiger partial charge in [0.1, 0.15) is 11.8 Å². The van der Waals surface area contributed by atoms with Crippen LogP contribution < -0.4 is 4.90 Å². The van der Waals surface area contributed by atoms with Crippen molar-refractivity contribution in [3.8, 4) is 6.07 Å². The standard InChI is InChI=1S/C15H8ClN3O2/c16-11-2-1-3-12-13(11)14(20)15(21)19(12)8-9-4-5-18-10(6-9)7-17/h1-6H,8H2. The molecule has 0 bridgehead atoms. The van der Waals surface area contributed by atoms with Gasteiger partial charge in [-0.2, -0.15) is 5.26 Å². The Morgan fingerprint density at radius 2 is 2.10 bits per heavy atom. The number of fused-ring (bicyclic) bond motifs is 1. The fourth-order valence-electron chi connectivity index (χ4n) is 2.27. The molecule has 0 spiro atoms. The maximum Gasteiger partial charge on any atom is 0.299 e. The van der Waals surface area contributed by atoms with Gasteiger partial charge >= 0.3 is 0 Å². The van der Waals surface area contributed by atoms with Crippen LogP contribution in [0.25, 0.3) is 0 Å². The van der Waals surface area contributed by atoms with Crippen LogP contribution in [-0.2, 0) is 11.3 Å². The molecule has 0 fully saturated rings. The molecule has 6 heteroatoms. The fraction of sp³-hybridized carbons (Fsp3) is 0.0667. The molecule has 0 atom stereocenters. The van der Waals surface area contributed by atoms with E-state index in [1.165, 1.54) is 11.1 Å². The monoisotopic (exact) mass is 297 g/mol. The summed E-state index contributed by atoms with van der Waals surface area (Å²) in [7, 11) is 0. The summed E-state index contributed by atoms with van der Waals surface area (Å²) < 4.78 is 0. The molecule has 0 aliphatic carbocycles. The van der Waals surface area contributed by atoms with Gasteiger partial charge in [-0.25, -0.2) is 4.98 Å². The Morgan fingerprint density at radius 1 is 1.29 bits per heavy atom. The van der Waals surface area contributed by atoms with E-state index in [0.29, 0.717) is 5.69 Å². The molecule has 1 aromatic carbocycles. The normalized spacial score (nSPS) is 13.2. The quantitative estimate of drug-likeness (QED) is 0.797. The first-order valence-corrected chi connectivity index (χ1v) is 6.49. The minimum absolute atomic E-state index is 0.190. The fourth-order valence-corrected chi connectivity index (χ4v) is 2.53. The van der Waals surface area contributed by atoms with Crippen molar-refractivity contribution in [2.24, 2.45) is 0 Å². The first kappa shape index (κ1) is 13.3. The summed E-state index contributed by atoms with van der Waals surface area (Å²) in [6, 6.07) is 10.2. The number of nitrogens with zero attached hydrogens (tertiary/aromatic N) is 3. The van der Waals surface area contributed by atoms with Crippen LogP contribution in [0.15, 0.2) is 36.5 Å². The lowest BCUT2D eigenvalue weighted by molar-refractivity contribution is -0.114. The molecule has 0 unspecified atom stereocenters. The number of carbonyl (C=O) groups excluding carboxylic acids is 2. The Bertz CT molecular complexity index is 811. The highest BCUT2D eigenvalue weighted by molar-refractivity contribution is 6.55. The molecule has 0 saturated carbocycles. The van der Waals surface area contributed by atoms with Crippen molar-refractivity contribution in [1.82, 2.24) is 4.98 Å². The maximum atomic E-state index is 12.1. The SMILES string of the molecule is N#Cc1cc(CN2C(=O)C(=O)c3c(Cl)cccc32)ccn1. The average Bonchev–Trinajstić information content (AvgIpc) is 2.74. The Balaban J connectivity index is 2.01. The molecule has 0 saturated heterocycles. The van der Waals surface area contributed by atoms with Crippen LogP contribution in [0, 0.1) is 11.3 Å². The molecule has 1 amide bonds. The van der Waals surface area contributed by atoms with Crippen LogP contribution in [-0.4, -0.2) is 16.7 Å². The third-order valence-electron chi connectivity index (χ3n) is 3.23. The second kappa shape index (κ2) is 5.00. The van der Waals surface area contributed by atoms with Crippen molar-refractivity contribution in [1.29, 1.82) is 5.26 Å². The van der Waals surface area contributed by atoms with Gasteiger partial charge < -0.3 is 4.90 Å². The summed E-state index contributed by atoms with van der Waals surface area (Å²) in [6.07, 6.45) is 1.50. The van der Waals surface area contributed by atoms with E-state index in [4.69, 9.17) is 16.9 Å². The van der Waals surface area contributed by atoms with Crippen molar-refractivity contribution in [2.75, 3.05) is 4.90 Å². The first-order chi connectivity index (χ1) is 10.1. The molecule has 21 heavy (non-hydrogen) atoms. The molecule has 0 radical (unpaired) electrons. The van der Waals surface area contributed by atoms with E-state index < -0.39 is 11.7 Å². The number of aromatic nitrogens is 1.